The Morgan fingerprint density at radius 1 is 1.62 bits per heavy atom. The number of aromatic nitrogens is 2. The number of ether oxygens (including phenoxy) is 1. The summed E-state index contributed by atoms with van der Waals surface area (Å²) in [6, 6.07) is 0.0650. The van der Waals surface area contributed by atoms with Gasteiger partial charge in [-0.2, -0.15) is 5.10 Å². The number of rotatable bonds is 6. The molecule has 0 spiro atoms. The SMILES string of the molecule is CCn1cc(C(CC(C)(C)OC)NN)cn1. The molecular formula is C11H22N4O. The van der Waals surface area contributed by atoms with Gasteiger partial charge in [-0.3, -0.25) is 16.0 Å². The lowest BCUT2D eigenvalue weighted by Gasteiger charge is -2.27. The average molecular weight is 226 g/mol. The van der Waals surface area contributed by atoms with Gasteiger partial charge in [-0.1, -0.05) is 0 Å². The van der Waals surface area contributed by atoms with E-state index in [0.717, 1.165) is 18.5 Å². The molecule has 0 aliphatic carbocycles. The lowest BCUT2D eigenvalue weighted by Crippen LogP contribution is -2.35. The van der Waals surface area contributed by atoms with E-state index in [2.05, 4.69) is 17.4 Å². The predicted octanol–water partition coefficient (Wildman–Crippen LogP) is 1.22. The summed E-state index contributed by atoms with van der Waals surface area (Å²) >= 11 is 0. The Balaban J connectivity index is 2.74. The van der Waals surface area contributed by atoms with Gasteiger partial charge in [0.15, 0.2) is 0 Å². The minimum absolute atomic E-state index is 0.0650. The van der Waals surface area contributed by atoms with Crippen molar-refractivity contribution in [2.45, 2.75) is 45.4 Å². The summed E-state index contributed by atoms with van der Waals surface area (Å²) in [6.45, 7) is 7.01. The molecular weight excluding hydrogens is 204 g/mol. The Labute approximate surface area is 96.9 Å². The first-order chi connectivity index (χ1) is 7.52. The van der Waals surface area contributed by atoms with Crippen molar-refractivity contribution >= 4 is 0 Å². The molecule has 5 heteroatoms. The largest absolute Gasteiger partial charge is 0.379 e. The molecule has 1 atom stereocenters. The van der Waals surface area contributed by atoms with Crippen molar-refractivity contribution in [3.05, 3.63) is 18.0 Å². The molecule has 3 N–H and O–H groups in total. The maximum Gasteiger partial charge on any atom is 0.0641 e. The smallest absolute Gasteiger partial charge is 0.0641 e. The second-order valence-electron chi connectivity index (χ2n) is 4.52. The third-order valence-corrected chi connectivity index (χ3v) is 2.83. The van der Waals surface area contributed by atoms with Crippen LogP contribution >= 0.6 is 0 Å². The van der Waals surface area contributed by atoms with Crippen LogP contribution in [0.15, 0.2) is 12.4 Å². The van der Waals surface area contributed by atoms with Crippen molar-refractivity contribution in [1.82, 2.24) is 15.2 Å². The number of nitrogens with one attached hydrogen (secondary N) is 1. The average Bonchev–Trinajstić information content (AvgIpc) is 2.74. The maximum absolute atomic E-state index is 5.57. The van der Waals surface area contributed by atoms with Gasteiger partial charge in [0, 0.05) is 25.4 Å². The number of hydrogen-bond acceptors (Lipinski definition) is 4. The fourth-order valence-corrected chi connectivity index (χ4v) is 1.58. The predicted molar refractivity (Wildman–Crippen MR) is 63.7 cm³/mol. The lowest BCUT2D eigenvalue weighted by molar-refractivity contribution is 0.00681. The van der Waals surface area contributed by atoms with Crippen LogP contribution < -0.4 is 11.3 Å². The van der Waals surface area contributed by atoms with Crippen LogP contribution in [0.5, 0.6) is 0 Å². The number of aryl methyl sites for hydroxylation is 1. The van der Waals surface area contributed by atoms with E-state index in [0.29, 0.717) is 0 Å². The van der Waals surface area contributed by atoms with E-state index >= 15 is 0 Å². The second kappa shape index (κ2) is 5.43. The molecule has 0 saturated heterocycles. The van der Waals surface area contributed by atoms with Gasteiger partial charge in [0.1, 0.15) is 0 Å². The molecule has 0 aliphatic rings. The van der Waals surface area contributed by atoms with Crippen LogP contribution in [0.4, 0.5) is 0 Å². The topological polar surface area (TPSA) is 65.1 Å². The summed E-state index contributed by atoms with van der Waals surface area (Å²) in [6.07, 6.45) is 4.66. The summed E-state index contributed by atoms with van der Waals surface area (Å²) in [4.78, 5) is 0. The van der Waals surface area contributed by atoms with Crippen LogP contribution in [0.2, 0.25) is 0 Å². The molecule has 1 heterocycles. The van der Waals surface area contributed by atoms with Crippen LogP contribution in [0, 0.1) is 0 Å². The Morgan fingerprint density at radius 2 is 2.31 bits per heavy atom. The van der Waals surface area contributed by atoms with Crippen molar-refractivity contribution in [3.8, 4) is 0 Å². The molecule has 1 aromatic rings. The van der Waals surface area contributed by atoms with Crippen LogP contribution in [0.1, 0.15) is 38.8 Å². The van der Waals surface area contributed by atoms with Gasteiger partial charge in [-0.25, -0.2) is 0 Å². The van der Waals surface area contributed by atoms with Gasteiger partial charge in [-0.05, 0) is 27.2 Å². The number of hydrogen-bond donors (Lipinski definition) is 2. The molecule has 0 amide bonds. The fraction of sp³-hybridized carbons (Fsp3) is 0.727. The maximum atomic E-state index is 5.57. The van der Waals surface area contributed by atoms with Crippen LogP contribution in [-0.2, 0) is 11.3 Å². The van der Waals surface area contributed by atoms with Crippen molar-refractivity contribution < 1.29 is 4.74 Å². The third kappa shape index (κ3) is 3.30. The van der Waals surface area contributed by atoms with E-state index in [1.165, 1.54) is 0 Å². The highest BCUT2D eigenvalue weighted by atomic mass is 16.5. The molecule has 1 unspecified atom stereocenters. The number of hydrazine groups is 1. The minimum atomic E-state index is -0.203. The molecule has 1 rings (SSSR count). The Bertz CT molecular complexity index is 322. The molecule has 92 valence electrons. The molecule has 0 aliphatic heterocycles. The standard InChI is InChI=1S/C11H22N4O/c1-5-15-8-9(7-13-15)10(14-12)6-11(2,3)16-4/h7-8,10,14H,5-6,12H2,1-4H3. The van der Waals surface area contributed by atoms with Crippen LogP contribution in [0.25, 0.3) is 0 Å². The van der Waals surface area contributed by atoms with E-state index in [4.69, 9.17) is 10.6 Å². The van der Waals surface area contributed by atoms with E-state index in [-0.39, 0.29) is 11.6 Å². The van der Waals surface area contributed by atoms with E-state index in [9.17, 15) is 0 Å². The quantitative estimate of drug-likeness (QED) is 0.565. The van der Waals surface area contributed by atoms with Gasteiger partial charge < -0.3 is 4.74 Å². The highest BCUT2D eigenvalue weighted by molar-refractivity contribution is 5.11. The van der Waals surface area contributed by atoms with Crippen molar-refractivity contribution in [2.24, 2.45) is 5.84 Å². The molecule has 0 aromatic carbocycles. The molecule has 5 nitrogen and oxygen atoms in total. The summed E-state index contributed by atoms with van der Waals surface area (Å²) in [5.41, 5.74) is 3.70. The summed E-state index contributed by atoms with van der Waals surface area (Å²) < 4.78 is 7.29. The van der Waals surface area contributed by atoms with Crippen molar-refractivity contribution in [2.75, 3.05) is 7.11 Å². The fourth-order valence-electron chi connectivity index (χ4n) is 1.58. The zero-order chi connectivity index (χ0) is 12.2. The van der Waals surface area contributed by atoms with Crippen molar-refractivity contribution in [1.29, 1.82) is 0 Å². The molecule has 0 bridgehead atoms. The lowest BCUT2D eigenvalue weighted by atomic mass is 9.96. The van der Waals surface area contributed by atoms with Gasteiger partial charge in [-0.15, -0.1) is 0 Å². The molecule has 0 saturated carbocycles. The minimum Gasteiger partial charge on any atom is -0.379 e. The zero-order valence-electron chi connectivity index (χ0n) is 10.5. The third-order valence-electron chi connectivity index (χ3n) is 2.83. The number of methoxy groups -OCH3 is 1. The Kier molecular flexibility index (Phi) is 4.46. The first-order valence-electron chi connectivity index (χ1n) is 5.56. The van der Waals surface area contributed by atoms with Crippen LogP contribution in [-0.4, -0.2) is 22.5 Å². The van der Waals surface area contributed by atoms with Gasteiger partial charge >= 0.3 is 0 Å². The molecule has 1 aromatic heterocycles. The highest BCUT2D eigenvalue weighted by Crippen LogP contribution is 2.24. The zero-order valence-corrected chi connectivity index (χ0v) is 10.5. The van der Waals surface area contributed by atoms with E-state index in [1.54, 1.807) is 7.11 Å². The van der Waals surface area contributed by atoms with Gasteiger partial charge in [0.05, 0.1) is 17.8 Å². The van der Waals surface area contributed by atoms with E-state index in [1.807, 2.05) is 30.9 Å². The van der Waals surface area contributed by atoms with Gasteiger partial charge in [0.2, 0.25) is 0 Å². The Hall–Kier alpha value is -0.910. The van der Waals surface area contributed by atoms with Crippen LogP contribution in [0.3, 0.4) is 0 Å². The van der Waals surface area contributed by atoms with Gasteiger partial charge in [0.25, 0.3) is 0 Å². The monoisotopic (exact) mass is 226 g/mol. The molecule has 0 radical (unpaired) electrons. The first-order valence-corrected chi connectivity index (χ1v) is 5.56. The number of nitrogens with two attached hydrogens (primary N) is 1. The summed E-state index contributed by atoms with van der Waals surface area (Å²) in [7, 11) is 1.71. The normalized spacial score (nSPS) is 14.1. The molecule has 0 fully saturated rings. The number of nitrogens with zero attached hydrogens (tertiary/aromatic N) is 2. The summed E-state index contributed by atoms with van der Waals surface area (Å²) in [5.74, 6) is 5.57. The first kappa shape index (κ1) is 13.2. The Morgan fingerprint density at radius 3 is 2.75 bits per heavy atom. The second-order valence-corrected chi connectivity index (χ2v) is 4.52. The molecule has 16 heavy (non-hydrogen) atoms. The van der Waals surface area contributed by atoms with E-state index < -0.39 is 0 Å². The highest BCUT2D eigenvalue weighted by Gasteiger charge is 2.24. The van der Waals surface area contributed by atoms with Crippen molar-refractivity contribution in [3.63, 3.8) is 0 Å². The summed E-state index contributed by atoms with van der Waals surface area (Å²) in [5, 5.41) is 4.24.